The van der Waals surface area contributed by atoms with Gasteiger partial charge in [-0.15, -0.1) is 0 Å². The average molecular weight is 347 g/mol. The van der Waals surface area contributed by atoms with Crippen LogP contribution in [0.4, 0.5) is 0 Å². The second kappa shape index (κ2) is 9.93. The highest BCUT2D eigenvalue weighted by Crippen LogP contribution is 2.21. The Morgan fingerprint density at radius 1 is 1.20 bits per heavy atom. The molecule has 1 aromatic rings. The fraction of sp³-hybridized carbons (Fsp3) is 0.667. The Kier molecular flexibility index (Phi) is 7.91. The van der Waals surface area contributed by atoms with E-state index in [4.69, 9.17) is 4.74 Å². The number of nitrogens with one attached hydrogen (secondary N) is 1. The molecular formula is C21H34N2O2. The number of hydrogen-bond donors (Lipinski definition) is 1. The van der Waals surface area contributed by atoms with Gasteiger partial charge in [-0.1, -0.05) is 44.2 Å². The van der Waals surface area contributed by atoms with Gasteiger partial charge in [0.15, 0.2) is 0 Å². The lowest BCUT2D eigenvalue weighted by molar-refractivity contribution is -0.124. The van der Waals surface area contributed by atoms with Gasteiger partial charge < -0.3 is 10.1 Å². The Labute approximate surface area is 152 Å². The molecule has 4 nitrogen and oxygen atoms in total. The maximum absolute atomic E-state index is 12.7. The third kappa shape index (κ3) is 6.44. The maximum atomic E-state index is 12.7. The first-order valence-electron chi connectivity index (χ1n) is 9.67. The van der Waals surface area contributed by atoms with E-state index in [9.17, 15) is 4.79 Å². The predicted octanol–water partition coefficient (Wildman–Crippen LogP) is 3.78. The molecule has 1 aromatic carbocycles. The summed E-state index contributed by atoms with van der Waals surface area (Å²) in [5.41, 5.74) is 1.16. The molecule has 1 saturated heterocycles. The van der Waals surface area contributed by atoms with Gasteiger partial charge in [-0.05, 0) is 44.6 Å². The van der Waals surface area contributed by atoms with Crippen LogP contribution in [0, 0.1) is 5.92 Å². The van der Waals surface area contributed by atoms with E-state index in [1.807, 2.05) is 18.2 Å². The molecule has 140 valence electrons. The highest BCUT2D eigenvalue weighted by molar-refractivity contribution is 5.78. The summed E-state index contributed by atoms with van der Waals surface area (Å²) in [6.07, 6.45) is 3.75. The molecule has 1 amide bonds. The number of benzene rings is 1. The van der Waals surface area contributed by atoms with E-state index in [1.165, 1.54) is 6.42 Å². The van der Waals surface area contributed by atoms with Crippen molar-refractivity contribution >= 4 is 5.91 Å². The molecule has 0 spiro atoms. The van der Waals surface area contributed by atoms with Gasteiger partial charge in [0.2, 0.25) is 5.91 Å². The normalized spacial score (nSPS) is 19.4. The number of nitrogens with zero attached hydrogens (tertiary/aromatic N) is 1. The summed E-state index contributed by atoms with van der Waals surface area (Å²) >= 11 is 0. The molecule has 1 fully saturated rings. The summed E-state index contributed by atoms with van der Waals surface area (Å²) in [7, 11) is 0. The second-order valence-electron chi connectivity index (χ2n) is 7.71. The van der Waals surface area contributed by atoms with Crippen molar-refractivity contribution in [1.82, 2.24) is 10.2 Å². The van der Waals surface area contributed by atoms with Crippen LogP contribution in [0.25, 0.3) is 0 Å². The number of amides is 1. The number of hydrogen-bond acceptors (Lipinski definition) is 3. The molecule has 2 atom stereocenters. The fourth-order valence-corrected chi connectivity index (χ4v) is 3.37. The van der Waals surface area contributed by atoms with Crippen molar-refractivity contribution in [3.8, 4) is 0 Å². The molecule has 4 heteroatoms. The van der Waals surface area contributed by atoms with E-state index < -0.39 is 0 Å². The third-order valence-corrected chi connectivity index (χ3v) is 4.93. The summed E-state index contributed by atoms with van der Waals surface area (Å²) < 4.78 is 5.86. The Morgan fingerprint density at radius 2 is 1.92 bits per heavy atom. The smallest absolute Gasteiger partial charge is 0.234 e. The molecule has 0 bridgehead atoms. The first-order valence-corrected chi connectivity index (χ1v) is 9.67. The van der Waals surface area contributed by atoms with E-state index in [1.54, 1.807) is 0 Å². The molecule has 25 heavy (non-hydrogen) atoms. The molecule has 2 rings (SSSR count). The summed E-state index contributed by atoms with van der Waals surface area (Å²) in [5.74, 6) is 0.438. The largest absolute Gasteiger partial charge is 0.377 e. The van der Waals surface area contributed by atoms with Crippen molar-refractivity contribution in [3.63, 3.8) is 0 Å². The quantitative estimate of drug-likeness (QED) is 0.779. The summed E-state index contributed by atoms with van der Waals surface area (Å²) in [6, 6.07) is 10.6. The predicted molar refractivity (Wildman–Crippen MR) is 102 cm³/mol. The van der Waals surface area contributed by atoms with E-state index in [-0.39, 0.29) is 18.1 Å². The highest BCUT2D eigenvalue weighted by atomic mass is 16.5. The Bertz CT molecular complexity index is 510. The van der Waals surface area contributed by atoms with Gasteiger partial charge in [-0.25, -0.2) is 0 Å². The monoisotopic (exact) mass is 346 g/mol. The topological polar surface area (TPSA) is 41.6 Å². The van der Waals surface area contributed by atoms with Gasteiger partial charge in [-0.3, -0.25) is 9.69 Å². The number of ether oxygens (including phenoxy) is 1. The van der Waals surface area contributed by atoms with Crippen molar-refractivity contribution in [1.29, 1.82) is 0 Å². The van der Waals surface area contributed by atoms with Crippen LogP contribution < -0.4 is 5.32 Å². The van der Waals surface area contributed by atoms with E-state index in [0.29, 0.717) is 18.5 Å². The van der Waals surface area contributed by atoms with Crippen LogP contribution in [0.1, 0.15) is 58.6 Å². The fourth-order valence-electron chi connectivity index (χ4n) is 3.37. The van der Waals surface area contributed by atoms with Crippen molar-refractivity contribution in [2.75, 3.05) is 19.7 Å². The van der Waals surface area contributed by atoms with Crippen LogP contribution in [-0.4, -0.2) is 42.6 Å². The molecule has 0 saturated carbocycles. The first-order chi connectivity index (χ1) is 12.0. The zero-order chi connectivity index (χ0) is 18.2. The van der Waals surface area contributed by atoms with Gasteiger partial charge in [0.25, 0.3) is 0 Å². The molecule has 0 unspecified atom stereocenters. The standard InChI is InChI=1S/C21H34N2O2/c1-16(2)21(18-10-6-5-7-11-18)22-20(24)15-23(17(3)4)14-19-12-8-9-13-25-19/h5-7,10-11,16-17,19,21H,8-9,12-15H2,1-4H3,(H,22,24)/t19-,21-/m1/s1. The number of carbonyl (C=O) groups excluding carboxylic acids is 1. The second-order valence-corrected chi connectivity index (χ2v) is 7.71. The lowest BCUT2D eigenvalue weighted by Crippen LogP contribution is -2.46. The minimum atomic E-state index is 0.0497. The van der Waals surface area contributed by atoms with Gasteiger partial charge in [0, 0.05) is 19.2 Å². The third-order valence-electron chi connectivity index (χ3n) is 4.93. The summed E-state index contributed by atoms with van der Waals surface area (Å²) in [5, 5.41) is 3.23. The number of carbonyl (C=O) groups is 1. The Balaban J connectivity index is 1.94. The minimum absolute atomic E-state index is 0.0497. The zero-order valence-corrected chi connectivity index (χ0v) is 16.2. The van der Waals surface area contributed by atoms with Crippen LogP contribution in [0.5, 0.6) is 0 Å². The van der Waals surface area contributed by atoms with Crippen LogP contribution in [0.3, 0.4) is 0 Å². The first kappa shape index (κ1) is 19.9. The molecule has 1 N–H and O–H groups in total. The van der Waals surface area contributed by atoms with Gasteiger partial charge in [-0.2, -0.15) is 0 Å². The van der Waals surface area contributed by atoms with E-state index >= 15 is 0 Å². The molecule has 0 aromatic heterocycles. The molecule has 1 aliphatic rings. The Hall–Kier alpha value is -1.39. The molecular weight excluding hydrogens is 312 g/mol. The van der Waals surface area contributed by atoms with E-state index in [0.717, 1.165) is 31.6 Å². The summed E-state index contributed by atoms with van der Waals surface area (Å²) in [4.78, 5) is 14.9. The van der Waals surface area contributed by atoms with Crippen LogP contribution in [0.15, 0.2) is 30.3 Å². The van der Waals surface area contributed by atoms with Gasteiger partial charge in [0.1, 0.15) is 0 Å². The van der Waals surface area contributed by atoms with Crippen LogP contribution in [-0.2, 0) is 9.53 Å². The average Bonchev–Trinajstić information content (AvgIpc) is 2.60. The van der Waals surface area contributed by atoms with Crippen molar-refractivity contribution in [2.45, 2.75) is 65.1 Å². The van der Waals surface area contributed by atoms with Gasteiger partial charge in [0.05, 0.1) is 18.7 Å². The van der Waals surface area contributed by atoms with Crippen LogP contribution >= 0.6 is 0 Å². The van der Waals surface area contributed by atoms with Crippen molar-refractivity contribution < 1.29 is 9.53 Å². The van der Waals surface area contributed by atoms with Crippen molar-refractivity contribution in [2.24, 2.45) is 5.92 Å². The maximum Gasteiger partial charge on any atom is 0.234 e. The number of rotatable bonds is 8. The molecule has 0 aliphatic carbocycles. The molecule has 1 heterocycles. The zero-order valence-electron chi connectivity index (χ0n) is 16.2. The highest BCUT2D eigenvalue weighted by Gasteiger charge is 2.23. The molecule has 1 aliphatic heterocycles. The lowest BCUT2D eigenvalue weighted by atomic mass is 9.96. The Morgan fingerprint density at radius 3 is 2.48 bits per heavy atom. The van der Waals surface area contributed by atoms with Crippen molar-refractivity contribution in [3.05, 3.63) is 35.9 Å². The van der Waals surface area contributed by atoms with Gasteiger partial charge >= 0.3 is 0 Å². The summed E-state index contributed by atoms with van der Waals surface area (Å²) in [6.45, 7) is 10.7. The van der Waals surface area contributed by atoms with E-state index in [2.05, 4.69) is 50.0 Å². The van der Waals surface area contributed by atoms with Crippen LogP contribution in [0.2, 0.25) is 0 Å². The SMILES string of the molecule is CC(C)[C@@H](NC(=O)CN(C[C@H]1CCCCO1)C(C)C)c1ccccc1. The lowest BCUT2D eigenvalue weighted by Gasteiger charge is -2.33. The molecule has 0 radical (unpaired) electrons. The minimum Gasteiger partial charge on any atom is -0.377 e.